The van der Waals surface area contributed by atoms with Gasteiger partial charge in [0, 0.05) is 25.2 Å². The molecule has 1 saturated heterocycles. The summed E-state index contributed by atoms with van der Waals surface area (Å²) in [6.07, 6.45) is 2.55. The largest absolute Gasteiger partial charge is 0.370 e. The third kappa shape index (κ3) is 3.89. The standard InChI is InChI=1S/C17H27ClN2/c1-5-13-9-10-20(12-13)16-14(7-6-8-15(16)18)11-19-17(2,3)4/h6-8,13,19H,5,9-12H2,1-4H3. The van der Waals surface area contributed by atoms with Crippen molar-refractivity contribution in [2.45, 2.75) is 52.6 Å². The van der Waals surface area contributed by atoms with Gasteiger partial charge in [-0.05, 0) is 44.7 Å². The predicted octanol–water partition coefficient (Wildman–Crippen LogP) is 4.46. The number of nitrogens with zero attached hydrogens (tertiary/aromatic N) is 1. The van der Waals surface area contributed by atoms with Crippen molar-refractivity contribution in [3.05, 3.63) is 28.8 Å². The van der Waals surface area contributed by atoms with E-state index in [0.29, 0.717) is 0 Å². The summed E-state index contributed by atoms with van der Waals surface area (Å²) in [6.45, 7) is 12.0. The lowest BCUT2D eigenvalue weighted by Gasteiger charge is -2.26. The Balaban J connectivity index is 2.19. The maximum atomic E-state index is 6.48. The Morgan fingerprint density at radius 3 is 2.70 bits per heavy atom. The van der Waals surface area contributed by atoms with Crippen LogP contribution < -0.4 is 10.2 Å². The van der Waals surface area contributed by atoms with Crippen molar-refractivity contribution in [1.29, 1.82) is 0 Å². The lowest BCUT2D eigenvalue weighted by Crippen LogP contribution is -2.35. The van der Waals surface area contributed by atoms with Crippen LogP contribution in [-0.4, -0.2) is 18.6 Å². The molecule has 1 aromatic rings. The predicted molar refractivity (Wildman–Crippen MR) is 88.7 cm³/mol. The van der Waals surface area contributed by atoms with Gasteiger partial charge in [0.05, 0.1) is 10.7 Å². The highest BCUT2D eigenvalue weighted by atomic mass is 35.5. The van der Waals surface area contributed by atoms with Gasteiger partial charge in [-0.25, -0.2) is 0 Å². The molecule has 1 heterocycles. The summed E-state index contributed by atoms with van der Waals surface area (Å²) >= 11 is 6.48. The molecule has 2 rings (SSSR count). The molecular formula is C17H27ClN2. The van der Waals surface area contributed by atoms with E-state index in [2.05, 4.69) is 50.0 Å². The Hall–Kier alpha value is -0.730. The molecule has 2 nitrogen and oxygen atoms in total. The number of rotatable bonds is 4. The molecule has 1 aliphatic heterocycles. The van der Waals surface area contributed by atoms with Crippen LogP contribution in [0.1, 0.15) is 46.1 Å². The maximum Gasteiger partial charge on any atom is 0.0642 e. The Morgan fingerprint density at radius 2 is 2.10 bits per heavy atom. The number of hydrogen-bond donors (Lipinski definition) is 1. The molecule has 0 aliphatic carbocycles. The normalized spacial score (nSPS) is 19.6. The highest BCUT2D eigenvalue weighted by Crippen LogP contribution is 2.34. The van der Waals surface area contributed by atoms with Crippen LogP contribution >= 0.6 is 11.6 Å². The van der Waals surface area contributed by atoms with Gasteiger partial charge in [0.2, 0.25) is 0 Å². The molecule has 1 N–H and O–H groups in total. The number of halogens is 1. The van der Waals surface area contributed by atoms with Crippen molar-refractivity contribution in [3.8, 4) is 0 Å². The minimum absolute atomic E-state index is 0.122. The van der Waals surface area contributed by atoms with Crippen molar-refractivity contribution in [1.82, 2.24) is 5.32 Å². The zero-order valence-corrected chi connectivity index (χ0v) is 13.9. The monoisotopic (exact) mass is 294 g/mol. The molecule has 0 saturated carbocycles. The van der Waals surface area contributed by atoms with Gasteiger partial charge in [0.25, 0.3) is 0 Å². The fraction of sp³-hybridized carbons (Fsp3) is 0.647. The van der Waals surface area contributed by atoms with Gasteiger partial charge in [-0.3, -0.25) is 0 Å². The first-order valence-electron chi connectivity index (χ1n) is 7.68. The second kappa shape index (κ2) is 6.36. The summed E-state index contributed by atoms with van der Waals surface area (Å²) in [5.74, 6) is 0.815. The molecule has 112 valence electrons. The van der Waals surface area contributed by atoms with Gasteiger partial charge in [0.1, 0.15) is 0 Å². The highest BCUT2D eigenvalue weighted by Gasteiger charge is 2.24. The van der Waals surface area contributed by atoms with Crippen molar-refractivity contribution < 1.29 is 0 Å². The van der Waals surface area contributed by atoms with Crippen LogP contribution in [0.5, 0.6) is 0 Å². The van der Waals surface area contributed by atoms with Crippen molar-refractivity contribution in [2.75, 3.05) is 18.0 Å². The minimum Gasteiger partial charge on any atom is -0.370 e. The smallest absolute Gasteiger partial charge is 0.0642 e. The minimum atomic E-state index is 0.122. The van der Waals surface area contributed by atoms with Gasteiger partial charge < -0.3 is 10.2 Å². The molecule has 1 aliphatic rings. The van der Waals surface area contributed by atoms with Gasteiger partial charge >= 0.3 is 0 Å². The second-order valence-electron chi connectivity index (χ2n) is 6.86. The van der Waals surface area contributed by atoms with Gasteiger partial charge in [0.15, 0.2) is 0 Å². The highest BCUT2D eigenvalue weighted by molar-refractivity contribution is 6.33. The number of nitrogens with one attached hydrogen (secondary N) is 1. The van der Waals surface area contributed by atoms with E-state index in [1.54, 1.807) is 0 Å². The van der Waals surface area contributed by atoms with Gasteiger partial charge in [-0.1, -0.05) is 37.1 Å². The van der Waals surface area contributed by atoms with Gasteiger partial charge in [-0.15, -0.1) is 0 Å². The number of para-hydroxylation sites is 1. The van der Waals surface area contributed by atoms with E-state index < -0.39 is 0 Å². The molecule has 1 unspecified atom stereocenters. The van der Waals surface area contributed by atoms with E-state index in [9.17, 15) is 0 Å². The van der Waals surface area contributed by atoms with E-state index in [1.807, 2.05) is 6.07 Å². The molecule has 1 aromatic carbocycles. The molecule has 0 radical (unpaired) electrons. The van der Waals surface area contributed by atoms with E-state index in [1.165, 1.54) is 24.1 Å². The molecule has 3 heteroatoms. The molecule has 0 aromatic heterocycles. The molecule has 0 spiro atoms. The summed E-state index contributed by atoms with van der Waals surface area (Å²) in [5.41, 5.74) is 2.67. The fourth-order valence-corrected chi connectivity index (χ4v) is 3.10. The first-order chi connectivity index (χ1) is 9.40. The van der Waals surface area contributed by atoms with E-state index in [-0.39, 0.29) is 5.54 Å². The second-order valence-corrected chi connectivity index (χ2v) is 7.27. The zero-order valence-electron chi connectivity index (χ0n) is 13.2. The molecule has 1 fully saturated rings. The Labute approximate surface area is 128 Å². The van der Waals surface area contributed by atoms with Crippen LogP contribution in [-0.2, 0) is 6.54 Å². The van der Waals surface area contributed by atoms with Gasteiger partial charge in [-0.2, -0.15) is 0 Å². The average molecular weight is 295 g/mol. The Bertz CT molecular complexity index is 451. The average Bonchev–Trinajstić information content (AvgIpc) is 2.84. The van der Waals surface area contributed by atoms with Crippen molar-refractivity contribution in [2.24, 2.45) is 5.92 Å². The number of hydrogen-bond acceptors (Lipinski definition) is 2. The van der Waals surface area contributed by atoms with Crippen LogP contribution in [0.15, 0.2) is 18.2 Å². The van der Waals surface area contributed by atoms with Crippen LogP contribution in [0.25, 0.3) is 0 Å². The topological polar surface area (TPSA) is 15.3 Å². The van der Waals surface area contributed by atoms with Crippen molar-refractivity contribution >= 4 is 17.3 Å². The number of anilines is 1. The molecule has 0 bridgehead atoms. The first-order valence-corrected chi connectivity index (χ1v) is 8.06. The third-order valence-electron chi connectivity index (χ3n) is 4.06. The van der Waals surface area contributed by atoms with Crippen LogP contribution in [0.3, 0.4) is 0 Å². The lowest BCUT2D eigenvalue weighted by atomic mass is 10.1. The summed E-state index contributed by atoms with van der Waals surface area (Å²) in [5, 5.41) is 4.45. The van der Waals surface area contributed by atoms with E-state index >= 15 is 0 Å². The lowest BCUT2D eigenvalue weighted by molar-refractivity contribution is 0.424. The zero-order chi connectivity index (χ0) is 14.8. The van der Waals surface area contributed by atoms with Crippen molar-refractivity contribution in [3.63, 3.8) is 0 Å². The molecular weight excluding hydrogens is 268 g/mol. The maximum absolute atomic E-state index is 6.48. The molecule has 0 amide bonds. The third-order valence-corrected chi connectivity index (χ3v) is 4.36. The van der Waals surface area contributed by atoms with E-state index in [0.717, 1.165) is 30.6 Å². The van der Waals surface area contributed by atoms with Crippen LogP contribution in [0.4, 0.5) is 5.69 Å². The fourth-order valence-electron chi connectivity index (χ4n) is 2.79. The summed E-state index contributed by atoms with van der Waals surface area (Å²) in [6, 6.07) is 6.26. The number of benzene rings is 1. The van der Waals surface area contributed by atoms with E-state index in [4.69, 9.17) is 11.6 Å². The summed E-state index contributed by atoms with van der Waals surface area (Å²) in [7, 11) is 0. The summed E-state index contributed by atoms with van der Waals surface area (Å²) in [4.78, 5) is 2.47. The Morgan fingerprint density at radius 1 is 1.35 bits per heavy atom. The quantitative estimate of drug-likeness (QED) is 0.882. The molecule has 1 atom stereocenters. The SMILES string of the molecule is CCC1CCN(c2c(Cl)cccc2CNC(C)(C)C)C1. The van der Waals surface area contributed by atoms with Crippen LogP contribution in [0, 0.1) is 5.92 Å². The molecule has 20 heavy (non-hydrogen) atoms. The summed E-state index contributed by atoms with van der Waals surface area (Å²) < 4.78 is 0. The first kappa shape index (κ1) is 15.7. The van der Waals surface area contributed by atoms with Crippen LogP contribution in [0.2, 0.25) is 5.02 Å². The Kier molecular flexibility index (Phi) is 4.98.